The fraction of sp³-hybridized carbons (Fsp3) is 0.211. The zero-order valence-electron chi connectivity index (χ0n) is 14.2. The summed E-state index contributed by atoms with van der Waals surface area (Å²) in [4.78, 5) is 27.7. The summed E-state index contributed by atoms with van der Waals surface area (Å²) < 4.78 is 0. The average molecular weight is 418 g/mol. The molecule has 0 bridgehead atoms. The number of hydrogen-bond acceptors (Lipinski definition) is 5. The van der Waals surface area contributed by atoms with Crippen molar-refractivity contribution >= 4 is 52.6 Å². The summed E-state index contributed by atoms with van der Waals surface area (Å²) in [6, 6.07) is 15.5. The van der Waals surface area contributed by atoms with Crippen molar-refractivity contribution in [1.82, 2.24) is 4.90 Å². The molecule has 1 aliphatic rings. The molecule has 2 aromatic rings. The maximum Gasteiger partial charge on any atom is 0.248 e. The lowest BCUT2D eigenvalue weighted by atomic mass is 10.2. The summed E-state index contributed by atoms with van der Waals surface area (Å²) in [5.74, 6) is 0.967. The van der Waals surface area contributed by atoms with Crippen LogP contribution in [0.5, 0.6) is 0 Å². The van der Waals surface area contributed by atoms with E-state index in [0.717, 1.165) is 4.90 Å². The van der Waals surface area contributed by atoms with E-state index in [1.165, 1.54) is 11.8 Å². The minimum atomic E-state index is -0.509. The Morgan fingerprint density at radius 3 is 2.70 bits per heavy atom. The summed E-state index contributed by atoms with van der Waals surface area (Å²) in [6.07, 6.45) is 0. The first-order chi connectivity index (χ1) is 13.1. The number of halogens is 1. The quantitative estimate of drug-likeness (QED) is 0.748. The molecule has 2 amide bonds. The number of amides is 2. The summed E-state index contributed by atoms with van der Waals surface area (Å²) in [6.45, 7) is 0. The van der Waals surface area contributed by atoms with Crippen molar-refractivity contribution in [2.75, 3.05) is 22.7 Å². The van der Waals surface area contributed by atoms with E-state index >= 15 is 0 Å². The highest BCUT2D eigenvalue weighted by Gasteiger charge is 2.34. The SMILES string of the molecule is N#Cc1ccc(NC(=O)[C@@H]2CSCN2C(=O)CSc2ccccc2Cl)cc1. The second kappa shape index (κ2) is 9.18. The highest BCUT2D eigenvalue weighted by Crippen LogP contribution is 2.29. The molecular weight excluding hydrogens is 402 g/mol. The first-order valence-electron chi connectivity index (χ1n) is 8.14. The molecule has 8 heteroatoms. The third-order valence-electron chi connectivity index (χ3n) is 3.97. The van der Waals surface area contributed by atoms with E-state index in [4.69, 9.17) is 16.9 Å². The van der Waals surface area contributed by atoms with Crippen LogP contribution in [0.3, 0.4) is 0 Å². The van der Waals surface area contributed by atoms with Gasteiger partial charge in [-0.1, -0.05) is 23.7 Å². The minimum Gasteiger partial charge on any atom is -0.324 e. The summed E-state index contributed by atoms with van der Waals surface area (Å²) in [5, 5.41) is 12.3. The minimum absolute atomic E-state index is 0.0927. The van der Waals surface area contributed by atoms with E-state index in [9.17, 15) is 9.59 Å². The zero-order valence-corrected chi connectivity index (χ0v) is 16.6. The Morgan fingerprint density at radius 1 is 1.26 bits per heavy atom. The first-order valence-corrected chi connectivity index (χ1v) is 10.7. The van der Waals surface area contributed by atoms with Gasteiger partial charge >= 0.3 is 0 Å². The topological polar surface area (TPSA) is 73.2 Å². The molecule has 138 valence electrons. The summed E-state index contributed by atoms with van der Waals surface area (Å²) in [5.41, 5.74) is 1.13. The van der Waals surface area contributed by atoms with Gasteiger partial charge in [-0.25, -0.2) is 0 Å². The standard InChI is InChI=1S/C19H16ClN3O2S2/c20-15-3-1-2-4-17(15)27-11-18(24)23-12-26-10-16(23)19(25)22-14-7-5-13(9-21)6-8-14/h1-8,16H,10-12H2,(H,22,25)/t16-/m0/s1. The Morgan fingerprint density at radius 2 is 2.00 bits per heavy atom. The highest BCUT2D eigenvalue weighted by atomic mass is 35.5. The van der Waals surface area contributed by atoms with Gasteiger partial charge in [-0.15, -0.1) is 23.5 Å². The molecule has 0 spiro atoms. The Hall–Kier alpha value is -2.14. The van der Waals surface area contributed by atoms with Gasteiger partial charge < -0.3 is 10.2 Å². The van der Waals surface area contributed by atoms with Crippen LogP contribution in [0.25, 0.3) is 0 Å². The van der Waals surface area contributed by atoms with E-state index in [1.54, 1.807) is 47.0 Å². The molecular formula is C19H16ClN3O2S2. The Balaban J connectivity index is 1.60. The summed E-state index contributed by atoms with van der Waals surface area (Å²) >= 11 is 9.05. The first kappa shape index (κ1) is 19.6. The van der Waals surface area contributed by atoms with Gasteiger partial charge in [0.2, 0.25) is 11.8 Å². The fourth-order valence-corrected chi connectivity index (χ4v) is 4.85. The Kier molecular flexibility index (Phi) is 6.67. The lowest BCUT2D eigenvalue weighted by molar-refractivity contribution is -0.134. The molecule has 5 nitrogen and oxygen atoms in total. The number of nitriles is 1. The molecule has 0 radical (unpaired) electrons. The van der Waals surface area contributed by atoms with E-state index in [0.29, 0.717) is 27.9 Å². The third kappa shape index (κ3) is 4.98. The number of thioether (sulfide) groups is 2. The maximum atomic E-state index is 12.6. The molecule has 0 saturated carbocycles. The van der Waals surface area contributed by atoms with Crippen LogP contribution in [0.15, 0.2) is 53.4 Å². The average Bonchev–Trinajstić information content (AvgIpc) is 3.18. The number of nitrogens with one attached hydrogen (secondary N) is 1. The molecule has 1 saturated heterocycles. The maximum absolute atomic E-state index is 12.6. The number of carbonyl (C=O) groups excluding carboxylic acids is 2. The van der Waals surface area contributed by atoms with Crippen molar-refractivity contribution in [2.45, 2.75) is 10.9 Å². The predicted octanol–water partition coefficient (Wildman–Crippen LogP) is 3.84. The Labute approximate surface area is 171 Å². The van der Waals surface area contributed by atoms with Crippen molar-refractivity contribution in [1.29, 1.82) is 5.26 Å². The molecule has 0 unspecified atom stereocenters. The van der Waals surface area contributed by atoms with Crippen LogP contribution in [0.4, 0.5) is 5.69 Å². The molecule has 0 aliphatic carbocycles. The number of hydrogen-bond donors (Lipinski definition) is 1. The van der Waals surface area contributed by atoms with Gasteiger partial charge in [-0.3, -0.25) is 9.59 Å². The number of anilines is 1. The molecule has 1 atom stereocenters. The van der Waals surface area contributed by atoms with Gasteiger partial charge in [0, 0.05) is 16.3 Å². The molecule has 1 heterocycles. The molecule has 3 rings (SSSR count). The molecule has 27 heavy (non-hydrogen) atoms. The largest absolute Gasteiger partial charge is 0.324 e. The van der Waals surface area contributed by atoms with E-state index in [-0.39, 0.29) is 17.6 Å². The van der Waals surface area contributed by atoms with E-state index in [1.807, 2.05) is 24.3 Å². The van der Waals surface area contributed by atoms with Crippen LogP contribution < -0.4 is 5.32 Å². The van der Waals surface area contributed by atoms with Crippen LogP contribution in [0.1, 0.15) is 5.56 Å². The third-order valence-corrected chi connectivity index (χ3v) is 6.49. The monoisotopic (exact) mass is 417 g/mol. The van der Waals surface area contributed by atoms with Crippen molar-refractivity contribution in [2.24, 2.45) is 0 Å². The number of nitrogens with zero attached hydrogens (tertiary/aromatic N) is 2. The number of benzene rings is 2. The highest BCUT2D eigenvalue weighted by molar-refractivity contribution is 8.00. The number of rotatable bonds is 5. The van der Waals surface area contributed by atoms with Gasteiger partial charge in [0.1, 0.15) is 6.04 Å². The molecule has 0 aromatic heterocycles. The van der Waals surface area contributed by atoms with Crippen molar-refractivity contribution in [3.63, 3.8) is 0 Å². The van der Waals surface area contributed by atoms with Gasteiger partial charge in [0.05, 0.1) is 28.3 Å². The smallest absolute Gasteiger partial charge is 0.248 e. The second-order valence-electron chi connectivity index (χ2n) is 5.78. The zero-order chi connectivity index (χ0) is 19.2. The lowest BCUT2D eigenvalue weighted by Crippen LogP contribution is -2.45. The lowest BCUT2D eigenvalue weighted by Gasteiger charge is -2.23. The number of carbonyl (C=O) groups is 2. The van der Waals surface area contributed by atoms with Crippen molar-refractivity contribution in [3.8, 4) is 6.07 Å². The van der Waals surface area contributed by atoms with Crippen molar-refractivity contribution < 1.29 is 9.59 Å². The van der Waals surface area contributed by atoms with Gasteiger partial charge in [0.25, 0.3) is 0 Å². The Bertz CT molecular complexity index is 883. The van der Waals surface area contributed by atoms with E-state index < -0.39 is 6.04 Å². The van der Waals surface area contributed by atoms with Crippen LogP contribution in [0, 0.1) is 11.3 Å². The fourth-order valence-electron chi connectivity index (χ4n) is 2.54. The predicted molar refractivity (Wildman–Crippen MR) is 110 cm³/mol. The van der Waals surface area contributed by atoms with Gasteiger partial charge in [0.15, 0.2) is 0 Å². The molecule has 1 fully saturated rings. The second-order valence-corrected chi connectivity index (χ2v) is 8.20. The molecule has 1 N–H and O–H groups in total. The normalized spacial score (nSPS) is 16.0. The summed E-state index contributed by atoms with van der Waals surface area (Å²) in [7, 11) is 0. The van der Waals surface area contributed by atoms with Crippen LogP contribution >= 0.6 is 35.1 Å². The van der Waals surface area contributed by atoms with E-state index in [2.05, 4.69) is 5.32 Å². The molecule has 1 aliphatic heterocycles. The van der Waals surface area contributed by atoms with Crippen LogP contribution in [-0.4, -0.2) is 40.1 Å². The van der Waals surface area contributed by atoms with Crippen molar-refractivity contribution in [3.05, 3.63) is 59.1 Å². The van der Waals surface area contributed by atoms with Crippen LogP contribution in [0.2, 0.25) is 5.02 Å². The van der Waals surface area contributed by atoms with Gasteiger partial charge in [-0.05, 0) is 36.4 Å². The van der Waals surface area contributed by atoms with Crippen LogP contribution in [-0.2, 0) is 9.59 Å². The van der Waals surface area contributed by atoms with Gasteiger partial charge in [-0.2, -0.15) is 5.26 Å². The molecule has 2 aromatic carbocycles.